The zero-order valence-corrected chi connectivity index (χ0v) is 8.57. The number of aromatic nitrogens is 1. The van der Waals surface area contributed by atoms with Crippen LogP contribution in [-0.2, 0) is 0 Å². The molecular formula is C10H14N2O2. The number of pyridine rings is 1. The summed E-state index contributed by atoms with van der Waals surface area (Å²) in [6, 6.07) is 1.48. The fourth-order valence-corrected chi connectivity index (χ4v) is 1.05. The Morgan fingerprint density at radius 1 is 1.57 bits per heavy atom. The molecule has 0 bridgehead atoms. The van der Waals surface area contributed by atoms with Gasteiger partial charge in [-0.05, 0) is 20.0 Å². The third-order valence-corrected chi connectivity index (χ3v) is 2.06. The molecule has 76 valence electrons. The molecule has 0 aliphatic rings. The maximum Gasteiger partial charge on any atom is 0.181 e. The summed E-state index contributed by atoms with van der Waals surface area (Å²) in [7, 11) is 3.29. The highest BCUT2D eigenvalue weighted by Gasteiger charge is 2.13. The Labute approximate surface area is 83.3 Å². The first-order valence-electron chi connectivity index (χ1n) is 4.39. The topological polar surface area (TPSA) is 51.2 Å². The van der Waals surface area contributed by atoms with Crippen molar-refractivity contribution in [2.45, 2.75) is 13.0 Å². The molecule has 4 nitrogen and oxygen atoms in total. The van der Waals surface area contributed by atoms with Crippen molar-refractivity contribution < 1.29 is 9.53 Å². The number of hydrogen-bond donors (Lipinski definition) is 1. The van der Waals surface area contributed by atoms with E-state index in [4.69, 9.17) is 4.74 Å². The minimum Gasteiger partial charge on any atom is -0.495 e. The Morgan fingerprint density at radius 3 is 2.86 bits per heavy atom. The zero-order chi connectivity index (χ0) is 10.6. The molecule has 0 aliphatic heterocycles. The van der Waals surface area contributed by atoms with Crippen molar-refractivity contribution in [1.29, 1.82) is 0 Å². The molecule has 1 N–H and O–H groups in total. The highest BCUT2D eigenvalue weighted by atomic mass is 16.5. The Kier molecular flexibility index (Phi) is 3.59. The zero-order valence-electron chi connectivity index (χ0n) is 8.57. The van der Waals surface area contributed by atoms with Gasteiger partial charge < -0.3 is 10.1 Å². The smallest absolute Gasteiger partial charge is 0.181 e. The van der Waals surface area contributed by atoms with Gasteiger partial charge in [-0.3, -0.25) is 9.78 Å². The molecule has 0 saturated carbocycles. The molecule has 0 saturated heterocycles. The normalized spacial score (nSPS) is 12.2. The van der Waals surface area contributed by atoms with Gasteiger partial charge in [0.15, 0.2) is 5.78 Å². The minimum atomic E-state index is -0.205. The number of rotatable bonds is 4. The van der Waals surface area contributed by atoms with Gasteiger partial charge in [-0.1, -0.05) is 0 Å². The SMILES string of the molecule is CNC(C)C(=O)c1cncc(OC)c1. The van der Waals surface area contributed by atoms with Crippen LogP contribution in [0.3, 0.4) is 0 Å². The molecule has 14 heavy (non-hydrogen) atoms. The molecule has 1 aromatic rings. The summed E-state index contributed by atoms with van der Waals surface area (Å²) in [5.74, 6) is 0.609. The van der Waals surface area contributed by atoms with Gasteiger partial charge >= 0.3 is 0 Å². The van der Waals surface area contributed by atoms with E-state index in [0.717, 1.165) is 0 Å². The van der Waals surface area contributed by atoms with Crippen LogP contribution in [0.1, 0.15) is 17.3 Å². The number of nitrogens with one attached hydrogen (secondary N) is 1. The van der Waals surface area contributed by atoms with Crippen molar-refractivity contribution in [3.8, 4) is 5.75 Å². The van der Waals surface area contributed by atoms with E-state index < -0.39 is 0 Å². The van der Waals surface area contributed by atoms with Crippen LogP contribution in [0.2, 0.25) is 0 Å². The van der Waals surface area contributed by atoms with Crippen LogP contribution >= 0.6 is 0 Å². The molecular weight excluding hydrogens is 180 g/mol. The Bertz CT molecular complexity index is 326. The first-order chi connectivity index (χ1) is 6.69. The van der Waals surface area contributed by atoms with E-state index in [2.05, 4.69) is 10.3 Å². The molecule has 0 radical (unpaired) electrons. The van der Waals surface area contributed by atoms with Crippen LogP contribution < -0.4 is 10.1 Å². The summed E-state index contributed by atoms with van der Waals surface area (Å²) in [6.45, 7) is 1.81. The second kappa shape index (κ2) is 4.72. The molecule has 1 aromatic heterocycles. The van der Waals surface area contributed by atoms with E-state index >= 15 is 0 Å². The van der Waals surface area contributed by atoms with Gasteiger partial charge in [0.05, 0.1) is 19.3 Å². The molecule has 1 rings (SSSR count). The number of ketones is 1. The average Bonchev–Trinajstić information content (AvgIpc) is 2.27. The molecule has 0 fully saturated rings. The van der Waals surface area contributed by atoms with Crippen molar-refractivity contribution in [3.63, 3.8) is 0 Å². The largest absolute Gasteiger partial charge is 0.495 e. The van der Waals surface area contributed by atoms with Crippen LogP contribution in [0.4, 0.5) is 0 Å². The Morgan fingerprint density at radius 2 is 2.29 bits per heavy atom. The predicted molar refractivity (Wildman–Crippen MR) is 53.6 cm³/mol. The summed E-state index contributed by atoms with van der Waals surface area (Å²) >= 11 is 0. The van der Waals surface area contributed by atoms with Gasteiger partial charge in [0.1, 0.15) is 5.75 Å². The van der Waals surface area contributed by atoms with Gasteiger partial charge in [-0.15, -0.1) is 0 Å². The van der Waals surface area contributed by atoms with Gasteiger partial charge in [-0.25, -0.2) is 0 Å². The van der Waals surface area contributed by atoms with E-state index in [1.54, 1.807) is 32.6 Å². The number of carbonyl (C=O) groups excluding carboxylic acids is 1. The standard InChI is InChI=1S/C10H14N2O2/c1-7(11-2)10(13)8-4-9(14-3)6-12-5-8/h4-7,11H,1-3H3. The highest BCUT2D eigenvalue weighted by molar-refractivity contribution is 5.99. The molecule has 0 aliphatic carbocycles. The molecule has 4 heteroatoms. The van der Waals surface area contributed by atoms with E-state index in [9.17, 15) is 4.79 Å². The second-order valence-electron chi connectivity index (χ2n) is 2.99. The quantitative estimate of drug-likeness (QED) is 0.723. The lowest BCUT2D eigenvalue weighted by Gasteiger charge is -2.08. The van der Waals surface area contributed by atoms with Crippen LogP contribution in [0, 0.1) is 0 Å². The van der Waals surface area contributed by atoms with Gasteiger partial charge in [-0.2, -0.15) is 0 Å². The Balaban J connectivity index is 2.90. The molecule has 1 atom stereocenters. The maximum absolute atomic E-state index is 11.7. The third-order valence-electron chi connectivity index (χ3n) is 2.06. The van der Waals surface area contributed by atoms with Crippen molar-refractivity contribution in [1.82, 2.24) is 10.3 Å². The van der Waals surface area contributed by atoms with Crippen LogP contribution in [-0.4, -0.2) is 31.0 Å². The monoisotopic (exact) mass is 194 g/mol. The van der Waals surface area contributed by atoms with Crippen molar-refractivity contribution in [2.75, 3.05) is 14.2 Å². The van der Waals surface area contributed by atoms with Gasteiger partial charge in [0, 0.05) is 11.8 Å². The summed E-state index contributed by atoms with van der Waals surface area (Å²) in [6.07, 6.45) is 3.11. The van der Waals surface area contributed by atoms with Gasteiger partial charge in [0.25, 0.3) is 0 Å². The predicted octanol–water partition coefficient (Wildman–Crippen LogP) is 0.881. The van der Waals surface area contributed by atoms with E-state index in [0.29, 0.717) is 11.3 Å². The first kappa shape index (κ1) is 10.7. The molecule has 1 unspecified atom stereocenters. The number of Topliss-reactive ketones (excluding diaryl/α,β-unsaturated/α-hetero) is 1. The summed E-state index contributed by atoms with van der Waals surface area (Å²) < 4.78 is 4.98. The number of carbonyl (C=O) groups is 1. The van der Waals surface area contributed by atoms with E-state index in [1.807, 2.05) is 6.92 Å². The fourth-order valence-electron chi connectivity index (χ4n) is 1.05. The first-order valence-corrected chi connectivity index (χ1v) is 4.39. The van der Waals surface area contributed by atoms with Crippen LogP contribution in [0.25, 0.3) is 0 Å². The lowest BCUT2D eigenvalue weighted by molar-refractivity contribution is 0.0954. The number of nitrogens with zero attached hydrogens (tertiary/aromatic N) is 1. The average molecular weight is 194 g/mol. The lowest BCUT2D eigenvalue weighted by Crippen LogP contribution is -2.30. The van der Waals surface area contributed by atoms with Gasteiger partial charge in [0.2, 0.25) is 0 Å². The number of methoxy groups -OCH3 is 1. The second-order valence-corrected chi connectivity index (χ2v) is 2.99. The Hall–Kier alpha value is -1.42. The maximum atomic E-state index is 11.7. The summed E-state index contributed by atoms with van der Waals surface area (Å²) in [5, 5.41) is 2.88. The number of likely N-dealkylation sites (N-methyl/N-ethyl adjacent to an activating group) is 1. The number of hydrogen-bond acceptors (Lipinski definition) is 4. The lowest BCUT2D eigenvalue weighted by atomic mass is 10.1. The van der Waals surface area contributed by atoms with E-state index in [1.165, 1.54) is 0 Å². The summed E-state index contributed by atoms with van der Waals surface area (Å²) in [5.41, 5.74) is 0.561. The van der Waals surface area contributed by atoms with Crippen molar-refractivity contribution in [2.24, 2.45) is 0 Å². The van der Waals surface area contributed by atoms with Crippen LogP contribution in [0.15, 0.2) is 18.5 Å². The number of ether oxygens (including phenoxy) is 1. The highest BCUT2D eigenvalue weighted by Crippen LogP contribution is 2.11. The van der Waals surface area contributed by atoms with Crippen molar-refractivity contribution in [3.05, 3.63) is 24.0 Å². The molecule has 0 aromatic carbocycles. The van der Waals surface area contributed by atoms with E-state index in [-0.39, 0.29) is 11.8 Å². The third kappa shape index (κ3) is 2.29. The molecule has 0 amide bonds. The summed E-state index contributed by atoms with van der Waals surface area (Å²) in [4.78, 5) is 15.6. The van der Waals surface area contributed by atoms with Crippen LogP contribution in [0.5, 0.6) is 5.75 Å². The molecule has 1 heterocycles. The van der Waals surface area contributed by atoms with Crippen molar-refractivity contribution >= 4 is 5.78 Å². The molecule has 0 spiro atoms. The minimum absolute atomic E-state index is 0.0129. The fraction of sp³-hybridized carbons (Fsp3) is 0.400.